The van der Waals surface area contributed by atoms with Gasteiger partial charge in [-0.1, -0.05) is 29.2 Å². The maximum atomic E-state index is 12.3. The van der Waals surface area contributed by atoms with E-state index in [0.717, 1.165) is 9.90 Å². The van der Waals surface area contributed by atoms with Gasteiger partial charge in [-0.05, 0) is 30.7 Å². The number of nitrogens with zero attached hydrogens (tertiary/aromatic N) is 2. The summed E-state index contributed by atoms with van der Waals surface area (Å²) in [4.78, 5) is 16.3. The molecule has 27 heavy (non-hydrogen) atoms. The summed E-state index contributed by atoms with van der Waals surface area (Å²) in [6.07, 6.45) is 2.80. The summed E-state index contributed by atoms with van der Waals surface area (Å²) < 4.78 is 34.9. The van der Waals surface area contributed by atoms with Crippen LogP contribution in [0.3, 0.4) is 0 Å². The fourth-order valence-corrected chi connectivity index (χ4v) is 3.77. The first kappa shape index (κ1) is 20.7. The van der Waals surface area contributed by atoms with E-state index in [1.54, 1.807) is 6.92 Å². The first-order valence-electron chi connectivity index (χ1n) is 7.52. The summed E-state index contributed by atoms with van der Waals surface area (Å²) in [6, 6.07) is 6.38. The predicted molar refractivity (Wildman–Crippen MR) is 100 cm³/mol. The zero-order valence-corrected chi connectivity index (χ0v) is 16.0. The number of methoxy groups -OCH3 is 1. The number of rotatable bonds is 8. The van der Waals surface area contributed by atoms with Crippen molar-refractivity contribution < 1.29 is 23.0 Å². The average molecular weight is 411 g/mol. The molecule has 0 radical (unpaired) electrons. The van der Waals surface area contributed by atoms with E-state index in [1.807, 2.05) is 6.07 Å². The molecule has 1 heterocycles. The highest BCUT2D eigenvalue weighted by molar-refractivity contribution is 8.01. The molecule has 0 fully saturated rings. The molecule has 0 unspecified atom stereocenters. The Morgan fingerprint density at radius 3 is 2.93 bits per heavy atom. The molecule has 0 atom stereocenters. The van der Waals surface area contributed by atoms with Crippen LogP contribution in [0.1, 0.15) is 11.3 Å². The van der Waals surface area contributed by atoms with Crippen LogP contribution in [-0.2, 0) is 4.79 Å². The molecular weight excluding hydrogens is 396 g/mol. The van der Waals surface area contributed by atoms with E-state index in [0.29, 0.717) is 16.4 Å². The van der Waals surface area contributed by atoms with Crippen LogP contribution in [0.15, 0.2) is 28.5 Å². The van der Waals surface area contributed by atoms with E-state index >= 15 is 0 Å². The number of aromatic nitrogens is 1. The summed E-state index contributed by atoms with van der Waals surface area (Å²) in [7, 11) is 1.33. The SMILES string of the molecule is COc1cc(/C=C/C(=O)Nc2nc(C)c(SCC#N)s2)ccc1OC(F)F. The molecule has 0 spiro atoms. The van der Waals surface area contributed by atoms with Crippen molar-refractivity contribution in [3.63, 3.8) is 0 Å². The summed E-state index contributed by atoms with van der Waals surface area (Å²) >= 11 is 2.65. The highest BCUT2D eigenvalue weighted by Crippen LogP contribution is 2.32. The number of hydrogen-bond acceptors (Lipinski definition) is 7. The first-order chi connectivity index (χ1) is 12.9. The molecule has 1 amide bonds. The Morgan fingerprint density at radius 2 is 2.26 bits per heavy atom. The molecule has 0 bridgehead atoms. The Balaban J connectivity index is 2.03. The van der Waals surface area contributed by atoms with E-state index in [4.69, 9.17) is 10.00 Å². The van der Waals surface area contributed by atoms with Crippen molar-refractivity contribution in [2.45, 2.75) is 17.7 Å². The van der Waals surface area contributed by atoms with E-state index in [-0.39, 0.29) is 11.5 Å². The summed E-state index contributed by atoms with van der Waals surface area (Å²) in [5.41, 5.74) is 1.32. The lowest BCUT2D eigenvalue weighted by Gasteiger charge is -2.10. The predicted octanol–water partition coefficient (Wildman–Crippen LogP) is 4.33. The molecule has 0 aliphatic rings. The fraction of sp³-hybridized carbons (Fsp3) is 0.235. The van der Waals surface area contributed by atoms with Crippen molar-refractivity contribution in [1.82, 2.24) is 4.98 Å². The van der Waals surface area contributed by atoms with Crippen molar-refractivity contribution >= 4 is 40.2 Å². The van der Waals surface area contributed by atoms with Gasteiger partial charge in [0.15, 0.2) is 16.6 Å². The Kier molecular flexibility index (Phi) is 7.57. The van der Waals surface area contributed by atoms with Crippen molar-refractivity contribution in [2.24, 2.45) is 0 Å². The van der Waals surface area contributed by atoms with Crippen LogP contribution in [0, 0.1) is 18.3 Å². The minimum absolute atomic E-state index is 0.0882. The number of nitriles is 1. The van der Waals surface area contributed by atoms with Crippen molar-refractivity contribution in [3.8, 4) is 17.6 Å². The molecule has 0 saturated heterocycles. The maximum absolute atomic E-state index is 12.3. The molecular formula is C17H15F2N3O3S2. The molecule has 1 aromatic carbocycles. The number of halogens is 2. The standard InChI is InChI=1S/C17H15F2N3O3S2/c1-10-15(26-8-7-20)27-17(21-10)22-14(23)6-4-11-3-5-12(25-16(18)19)13(9-11)24-2/h3-6,9,16H,8H2,1-2H3,(H,21,22,23)/b6-4+. The second-order valence-corrected chi connectivity index (χ2v) is 7.19. The third-order valence-corrected chi connectivity index (χ3v) is 5.38. The quantitative estimate of drug-likeness (QED) is 0.514. The van der Waals surface area contributed by atoms with Gasteiger partial charge in [-0.2, -0.15) is 14.0 Å². The van der Waals surface area contributed by atoms with Gasteiger partial charge in [0.05, 0.1) is 28.8 Å². The Bertz CT molecular complexity index is 879. The number of alkyl halides is 2. The van der Waals surface area contributed by atoms with Gasteiger partial charge >= 0.3 is 6.61 Å². The van der Waals surface area contributed by atoms with Crippen molar-refractivity contribution in [1.29, 1.82) is 5.26 Å². The second-order valence-electron chi connectivity index (χ2n) is 4.95. The van der Waals surface area contributed by atoms with Crippen molar-refractivity contribution in [2.75, 3.05) is 18.2 Å². The number of thiazole rings is 1. The second kappa shape index (κ2) is 9.89. The number of anilines is 1. The van der Waals surface area contributed by atoms with Gasteiger partial charge in [-0.3, -0.25) is 10.1 Å². The Morgan fingerprint density at radius 1 is 1.48 bits per heavy atom. The van der Waals surface area contributed by atoms with Crippen LogP contribution in [-0.4, -0.2) is 30.4 Å². The maximum Gasteiger partial charge on any atom is 0.387 e. The average Bonchev–Trinajstić information content (AvgIpc) is 2.97. The lowest BCUT2D eigenvalue weighted by atomic mass is 10.2. The van der Waals surface area contributed by atoms with Gasteiger partial charge in [0.1, 0.15) is 0 Å². The van der Waals surface area contributed by atoms with Gasteiger partial charge < -0.3 is 9.47 Å². The summed E-state index contributed by atoms with van der Waals surface area (Å²) in [5, 5.41) is 11.7. The lowest BCUT2D eigenvalue weighted by molar-refractivity contribution is -0.111. The molecule has 142 valence electrons. The molecule has 2 aromatic rings. The number of carbonyl (C=O) groups is 1. The van der Waals surface area contributed by atoms with Crippen LogP contribution in [0.5, 0.6) is 11.5 Å². The van der Waals surface area contributed by atoms with E-state index < -0.39 is 12.5 Å². The Hall–Kier alpha value is -2.64. The molecule has 0 saturated carbocycles. The third kappa shape index (κ3) is 6.23. The number of hydrogen-bond donors (Lipinski definition) is 1. The number of thioether (sulfide) groups is 1. The molecule has 0 aliphatic carbocycles. The number of benzene rings is 1. The van der Waals surface area contributed by atoms with Gasteiger partial charge in [0.25, 0.3) is 0 Å². The first-order valence-corrected chi connectivity index (χ1v) is 9.32. The Labute approximate surface area is 162 Å². The smallest absolute Gasteiger partial charge is 0.387 e. The summed E-state index contributed by atoms with van der Waals surface area (Å²) in [6.45, 7) is -1.15. The van der Waals surface area contributed by atoms with Gasteiger partial charge in [-0.15, -0.1) is 0 Å². The van der Waals surface area contributed by atoms with Crippen molar-refractivity contribution in [3.05, 3.63) is 35.5 Å². The number of aryl methyl sites for hydroxylation is 1. The molecule has 1 aromatic heterocycles. The zero-order chi connectivity index (χ0) is 19.8. The normalized spacial score (nSPS) is 10.8. The minimum atomic E-state index is -2.95. The third-order valence-electron chi connectivity index (χ3n) is 3.08. The summed E-state index contributed by atoms with van der Waals surface area (Å²) in [5.74, 6) is -0.0431. The van der Waals surface area contributed by atoms with Gasteiger partial charge in [0, 0.05) is 6.08 Å². The lowest BCUT2D eigenvalue weighted by Crippen LogP contribution is -2.07. The topological polar surface area (TPSA) is 84.2 Å². The molecule has 1 N–H and O–H groups in total. The van der Waals surface area contributed by atoms with Gasteiger partial charge in [-0.25, -0.2) is 4.98 Å². The van der Waals surface area contributed by atoms with E-state index in [2.05, 4.69) is 15.0 Å². The molecule has 6 nitrogen and oxygen atoms in total. The molecule has 10 heteroatoms. The highest BCUT2D eigenvalue weighted by Gasteiger charge is 2.11. The van der Waals surface area contributed by atoms with Crippen LogP contribution in [0.4, 0.5) is 13.9 Å². The van der Waals surface area contributed by atoms with Crippen LogP contribution in [0.2, 0.25) is 0 Å². The largest absolute Gasteiger partial charge is 0.493 e. The fourth-order valence-electron chi connectivity index (χ4n) is 1.97. The van der Waals surface area contributed by atoms with Gasteiger partial charge in [0.2, 0.25) is 5.91 Å². The van der Waals surface area contributed by atoms with Crippen LogP contribution < -0.4 is 14.8 Å². The zero-order valence-electron chi connectivity index (χ0n) is 14.4. The number of ether oxygens (including phenoxy) is 2. The monoisotopic (exact) mass is 411 g/mol. The number of amides is 1. The number of nitrogens with one attached hydrogen (secondary N) is 1. The minimum Gasteiger partial charge on any atom is -0.493 e. The number of carbonyl (C=O) groups excluding carboxylic acids is 1. The van der Waals surface area contributed by atoms with Crippen LogP contribution in [0.25, 0.3) is 6.08 Å². The van der Waals surface area contributed by atoms with Crippen LogP contribution >= 0.6 is 23.1 Å². The molecule has 2 rings (SSSR count). The van der Waals surface area contributed by atoms with E-state index in [9.17, 15) is 13.6 Å². The highest BCUT2D eigenvalue weighted by atomic mass is 32.2. The molecule has 0 aliphatic heterocycles. The van der Waals surface area contributed by atoms with E-state index in [1.165, 1.54) is 60.6 Å².